The van der Waals surface area contributed by atoms with Crippen molar-refractivity contribution >= 4 is 38.3 Å². The Kier molecular flexibility index (Phi) is 4.52. The summed E-state index contributed by atoms with van der Waals surface area (Å²) in [4.78, 5) is 11.8. The molecule has 0 heterocycles. The first-order valence-electron chi connectivity index (χ1n) is 5.87. The predicted molar refractivity (Wildman–Crippen MR) is 80.1 cm³/mol. The quantitative estimate of drug-likeness (QED) is 0.909. The third kappa shape index (κ3) is 3.32. The fourth-order valence-corrected chi connectivity index (χ4v) is 2.21. The molecular formula is C14H15BrN2O2. The number of benzene rings is 2. The molecule has 0 fully saturated rings. The highest BCUT2D eigenvalue weighted by molar-refractivity contribution is 9.10. The van der Waals surface area contributed by atoms with Gasteiger partial charge in [-0.1, -0.05) is 28.1 Å². The van der Waals surface area contributed by atoms with E-state index in [1.54, 1.807) is 0 Å². The average molecular weight is 323 g/mol. The molecule has 0 aliphatic heterocycles. The van der Waals surface area contributed by atoms with Gasteiger partial charge >= 0.3 is 0 Å². The lowest BCUT2D eigenvalue weighted by molar-refractivity contribution is -0.125. The highest BCUT2D eigenvalue weighted by Gasteiger charge is 2.15. The molecule has 0 saturated carbocycles. The fourth-order valence-electron chi connectivity index (χ4n) is 1.83. The molecule has 3 N–H and O–H groups in total. The van der Waals surface area contributed by atoms with Crippen LogP contribution in [0, 0.1) is 0 Å². The van der Waals surface area contributed by atoms with Gasteiger partial charge in [0.05, 0.1) is 0 Å². The standard InChI is InChI=1S/C14H15BrN2O2/c1-19-13(8-16)14(18)17-12-5-3-9-6-11(15)4-2-10(9)7-12/h2-7,13H,8,16H2,1H3,(H,17,18). The van der Waals surface area contributed by atoms with E-state index in [0.29, 0.717) is 0 Å². The molecule has 0 aromatic heterocycles. The van der Waals surface area contributed by atoms with Gasteiger partial charge in [0.2, 0.25) is 0 Å². The highest BCUT2D eigenvalue weighted by atomic mass is 79.9. The summed E-state index contributed by atoms with van der Waals surface area (Å²) in [6.45, 7) is 0.156. The monoisotopic (exact) mass is 322 g/mol. The van der Waals surface area contributed by atoms with Crippen LogP contribution in [-0.4, -0.2) is 25.7 Å². The lowest BCUT2D eigenvalue weighted by Gasteiger charge is -2.13. The molecule has 0 aliphatic rings. The van der Waals surface area contributed by atoms with E-state index in [1.807, 2.05) is 36.4 Å². The van der Waals surface area contributed by atoms with Crippen molar-refractivity contribution in [3.8, 4) is 0 Å². The van der Waals surface area contributed by atoms with Gasteiger partial charge in [-0.25, -0.2) is 0 Å². The molecule has 0 radical (unpaired) electrons. The number of carbonyl (C=O) groups excluding carboxylic acids is 1. The molecule has 5 heteroatoms. The second-order valence-electron chi connectivity index (χ2n) is 4.16. The molecule has 1 atom stereocenters. The van der Waals surface area contributed by atoms with Crippen molar-refractivity contribution in [3.05, 3.63) is 40.9 Å². The second-order valence-corrected chi connectivity index (χ2v) is 5.07. The maximum atomic E-state index is 11.8. The van der Waals surface area contributed by atoms with E-state index >= 15 is 0 Å². The Bertz CT molecular complexity index is 597. The van der Waals surface area contributed by atoms with Crippen molar-refractivity contribution < 1.29 is 9.53 Å². The molecule has 0 spiro atoms. The average Bonchev–Trinajstić information content (AvgIpc) is 2.40. The Balaban J connectivity index is 2.22. The molecule has 2 rings (SSSR count). The molecule has 2 aromatic carbocycles. The van der Waals surface area contributed by atoms with Crippen LogP contribution in [0.1, 0.15) is 0 Å². The summed E-state index contributed by atoms with van der Waals surface area (Å²) in [5.74, 6) is -0.235. The third-order valence-corrected chi connectivity index (χ3v) is 3.35. The van der Waals surface area contributed by atoms with Crippen molar-refractivity contribution in [2.45, 2.75) is 6.10 Å². The SMILES string of the molecule is COC(CN)C(=O)Nc1ccc2cc(Br)ccc2c1. The van der Waals surface area contributed by atoms with Gasteiger partial charge in [0.1, 0.15) is 6.10 Å². The summed E-state index contributed by atoms with van der Waals surface area (Å²) in [7, 11) is 1.47. The van der Waals surface area contributed by atoms with E-state index in [4.69, 9.17) is 10.5 Å². The summed E-state index contributed by atoms with van der Waals surface area (Å²) < 4.78 is 6.02. The van der Waals surface area contributed by atoms with Gasteiger partial charge in [-0.15, -0.1) is 0 Å². The molecule has 100 valence electrons. The number of hydrogen-bond donors (Lipinski definition) is 2. The molecule has 1 amide bonds. The summed E-state index contributed by atoms with van der Waals surface area (Å²) in [5, 5.41) is 4.96. The lowest BCUT2D eigenvalue weighted by atomic mass is 10.1. The van der Waals surface area contributed by atoms with Gasteiger partial charge < -0.3 is 15.8 Å². The number of fused-ring (bicyclic) bond motifs is 1. The number of methoxy groups -OCH3 is 1. The number of hydrogen-bond acceptors (Lipinski definition) is 3. The van der Waals surface area contributed by atoms with E-state index in [1.165, 1.54) is 7.11 Å². The number of rotatable bonds is 4. The van der Waals surface area contributed by atoms with Crippen LogP contribution in [0.3, 0.4) is 0 Å². The molecule has 0 bridgehead atoms. The minimum absolute atomic E-state index is 0.156. The van der Waals surface area contributed by atoms with Crippen molar-refractivity contribution in [1.29, 1.82) is 0 Å². The Morgan fingerprint density at radius 2 is 2.00 bits per heavy atom. The summed E-state index contributed by atoms with van der Waals surface area (Å²) in [6.07, 6.45) is -0.624. The zero-order valence-corrected chi connectivity index (χ0v) is 12.1. The topological polar surface area (TPSA) is 64.3 Å². The Morgan fingerprint density at radius 3 is 2.68 bits per heavy atom. The van der Waals surface area contributed by atoms with E-state index in [9.17, 15) is 4.79 Å². The van der Waals surface area contributed by atoms with E-state index in [0.717, 1.165) is 20.9 Å². The second kappa shape index (κ2) is 6.14. The zero-order valence-electron chi connectivity index (χ0n) is 10.5. The number of nitrogens with two attached hydrogens (primary N) is 1. The largest absolute Gasteiger partial charge is 0.370 e. The Hall–Kier alpha value is -1.43. The molecule has 2 aromatic rings. The van der Waals surface area contributed by atoms with Crippen LogP contribution in [0.5, 0.6) is 0 Å². The van der Waals surface area contributed by atoms with Crippen molar-refractivity contribution in [2.75, 3.05) is 19.0 Å². The van der Waals surface area contributed by atoms with Gasteiger partial charge in [0.25, 0.3) is 5.91 Å². The number of anilines is 1. The lowest BCUT2D eigenvalue weighted by Crippen LogP contribution is -2.35. The fraction of sp³-hybridized carbons (Fsp3) is 0.214. The molecule has 0 saturated heterocycles. The minimum Gasteiger partial charge on any atom is -0.370 e. The van der Waals surface area contributed by atoms with Gasteiger partial charge in [0, 0.05) is 23.8 Å². The Labute approximate surface area is 120 Å². The first kappa shape index (κ1) is 14.0. The van der Waals surface area contributed by atoms with Crippen LogP contribution in [-0.2, 0) is 9.53 Å². The molecule has 1 unspecified atom stereocenters. The number of nitrogens with one attached hydrogen (secondary N) is 1. The number of amides is 1. The summed E-state index contributed by atoms with van der Waals surface area (Å²) in [6, 6.07) is 11.7. The van der Waals surface area contributed by atoms with Gasteiger partial charge in [-0.05, 0) is 35.0 Å². The van der Waals surface area contributed by atoms with Crippen molar-refractivity contribution in [1.82, 2.24) is 0 Å². The van der Waals surface area contributed by atoms with Crippen LogP contribution in [0.4, 0.5) is 5.69 Å². The number of carbonyl (C=O) groups is 1. The normalized spacial score (nSPS) is 12.4. The first-order valence-corrected chi connectivity index (χ1v) is 6.66. The van der Waals surface area contributed by atoms with Crippen LogP contribution in [0.25, 0.3) is 10.8 Å². The predicted octanol–water partition coefficient (Wildman–Crippen LogP) is 2.51. The van der Waals surface area contributed by atoms with E-state index in [2.05, 4.69) is 21.2 Å². The molecule has 0 aliphatic carbocycles. The maximum absolute atomic E-state index is 11.8. The van der Waals surface area contributed by atoms with Gasteiger partial charge in [-0.3, -0.25) is 4.79 Å². The summed E-state index contributed by atoms with van der Waals surface area (Å²) >= 11 is 3.43. The van der Waals surface area contributed by atoms with E-state index in [-0.39, 0.29) is 12.5 Å². The van der Waals surface area contributed by atoms with Gasteiger partial charge in [-0.2, -0.15) is 0 Å². The molecule has 4 nitrogen and oxygen atoms in total. The third-order valence-electron chi connectivity index (χ3n) is 2.86. The van der Waals surface area contributed by atoms with E-state index < -0.39 is 6.10 Å². The first-order chi connectivity index (χ1) is 9.13. The van der Waals surface area contributed by atoms with Crippen molar-refractivity contribution in [3.63, 3.8) is 0 Å². The van der Waals surface area contributed by atoms with Gasteiger partial charge in [0.15, 0.2) is 0 Å². The maximum Gasteiger partial charge on any atom is 0.254 e. The van der Waals surface area contributed by atoms with Crippen LogP contribution < -0.4 is 11.1 Å². The van der Waals surface area contributed by atoms with Crippen LogP contribution in [0.2, 0.25) is 0 Å². The van der Waals surface area contributed by atoms with Crippen LogP contribution in [0.15, 0.2) is 40.9 Å². The number of halogens is 1. The Morgan fingerprint density at radius 1 is 1.32 bits per heavy atom. The molecular weight excluding hydrogens is 308 g/mol. The minimum atomic E-state index is -0.624. The zero-order chi connectivity index (χ0) is 13.8. The van der Waals surface area contributed by atoms with Crippen LogP contribution >= 0.6 is 15.9 Å². The summed E-state index contributed by atoms with van der Waals surface area (Å²) in [5.41, 5.74) is 6.19. The number of ether oxygens (including phenoxy) is 1. The smallest absolute Gasteiger partial charge is 0.254 e. The highest BCUT2D eigenvalue weighted by Crippen LogP contribution is 2.23. The molecule has 19 heavy (non-hydrogen) atoms. The van der Waals surface area contributed by atoms with Crippen molar-refractivity contribution in [2.24, 2.45) is 5.73 Å².